The maximum atomic E-state index is 11.6. The van der Waals surface area contributed by atoms with Crippen LogP contribution >= 0.6 is 68.8 Å². The van der Waals surface area contributed by atoms with Gasteiger partial charge in [-0.05, 0) is 109 Å². The second kappa shape index (κ2) is 29.5. The Morgan fingerprint density at radius 1 is 0.515 bits per heavy atom. The van der Waals surface area contributed by atoms with Gasteiger partial charge < -0.3 is 26.4 Å². The normalized spacial score (nSPS) is 15.2. The van der Waals surface area contributed by atoms with E-state index >= 15 is 0 Å². The fraction of sp³-hybridized carbons (Fsp3) is 0.312. The van der Waals surface area contributed by atoms with E-state index in [9.17, 15) is 26.7 Å². The van der Waals surface area contributed by atoms with Crippen LogP contribution in [-0.2, 0) is 20.0 Å². The molecule has 1 unspecified atom stereocenters. The number of H-pyrrole nitrogens is 4. The molecule has 12 heterocycles. The van der Waals surface area contributed by atoms with Crippen molar-refractivity contribution in [2.45, 2.75) is 137 Å². The predicted octanol–water partition coefficient (Wildman–Crippen LogP) is 14.8. The van der Waals surface area contributed by atoms with Gasteiger partial charge in [0.2, 0.25) is 10.0 Å². The zero-order valence-corrected chi connectivity index (χ0v) is 61.4. The van der Waals surface area contributed by atoms with Crippen LogP contribution in [0.1, 0.15) is 177 Å². The van der Waals surface area contributed by atoms with Crippen molar-refractivity contribution in [3.8, 4) is 43.8 Å². The monoisotopic (exact) mass is 1560 g/mol. The van der Waals surface area contributed by atoms with Crippen molar-refractivity contribution >= 4 is 141 Å². The summed E-state index contributed by atoms with van der Waals surface area (Å²) in [5.41, 5.74) is 7.43. The van der Waals surface area contributed by atoms with E-state index in [4.69, 9.17) is 45.1 Å². The molecule has 31 nitrogen and oxygen atoms in total. The molecule has 5 fully saturated rings. The Morgan fingerprint density at radius 2 is 0.961 bits per heavy atom. The number of hydrogen-bond acceptors (Lipinski definition) is 28. The minimum atomic E-state index is -3.85. The first kappa shape index (κ1) is 70.8. The zero-order chi connectivity index (χ0) is 72.0. The molecule has 0 bridgehead atoms. The van der Waals surface area contributed by atoms with Crippen molar-refractivity contribution in [3.63, 3.8) is 0 Å². The van der Waals surface area contributed by atoms with Gasteiger partial charge in [0.15, 0.2) is 84.8 Å². The van der Waals surface area contributed by atoms with Gasteiger partial charge in [-0.2, -0.15) is 20.4 Å². The number of thiazole rings is 2. The van der Waals surface area contributed by atoms with Crippen molar-refractivity contribution in [1.82, 2.24) is 95.6 Å². The summed E-state index contributed by atoms with van der Waals surface area (Å²) in [6.45, 7) is 6.90. The van der Waals surface area contributed by atoms with Crippen molar-refractivity contribution < 1.29 is 35.3 Å². The van der Waals surface area contributed by atoms with E-state index in [1.165, 1.54) is 118 Å². The molecule has 0 radical (unpaired) electrons. The maximum Gasteiger partial charge on any atom is 0.255 e. The number of nitrogens with one attached hydrogen (secondary N) is 8. The molecule has 12 aromatic heterocycles. The topological polar surface area (TPSA) is 462 Å². The average Bonchev–Trinajstić information content (AvgIpc) is 1.75. The summed E-state index contributed by atoms with van der Waals surface area (Å²) in [7, 11) is -7.58. The van der Waals surface area contributed by atoms with Crippen LogP contribution in [-0.4, -0.2) is 123 Å². The zero-order valence-electron chi connectivity index (χ0n) is 55.1. The third-order valence-corrected chi connectivity index (χ3v) is 23.3. The number of rotatable bonds is 21. The number of nitrogens with two attached hydrogens (primary N) is 2. The molecule has 17 rings (SSSR count). The van der Waals surface area contributed by atoms with E-state index in [1.807, 2.05) is 37.3 Å². The number of nitrogens with zero attached hydrogens (tertiary/aromatic N) is 15. The van der Waals surface area contributed by atoms with Gasteiger partial charge in [-0.3, -0.25) is 25.2 Å². The summed E-state index contributed by atoms with van der Waals surface area (Å²) in [6.07, 6.45) is 17.0. The molecule has 39 heteroatoms. The highest BCUT2D eigenvalue weighted by Crippen LogP contribution is 2.45. The Morgan fingerprint density at radius 3 is 1.36 bits per heavy atom. The molecule has 12 aromatic rings. The Hall–Kier alpha value is -9.21. The number of pyridine rings is 1. The van der Waals surface area contributed by atoms with E-state index in [1.54, 1.807) is 26.1 Å². The maximum absolute atomic E-state index is 11.6. The summed E-state index contributed by atoms with van der Waals surface area (Å²) in [5, 5.41) is 63.9. The third kappa shape index (κ3) is 17.7. The second-order valence-corrected chi connectivity index (χ2v) is 32.7. The Labute approximate surface area is 624 Å². The molecule has 0 spiro atoms. The molecule has 5 saturated carbocycles. The van der Waals surface area contributed by atoms with Crippen LogP contribution in [0.25, 0.3) is 43.8 Å². The van der Waals surface area contributed by atoms with Crippen LogP contribution in [0.4, 0.5) is 46.5 Å². The number of thiophene rings is 1. The van der Waals surface area contributed by atoms with Gasteiger partial charge in [-0.15, -0.1) is 34.0 Å². The molecular formula is C64H76Cl3N25O6S5. The predicted molar refractivity (Wildman–Crippen MR) is 405 cm³/mol. The Bertz CT molecular complexity index is 5400. The van der Waals surface area contributed by atoms with Gasteiger partial charge in [0, 0.05) is 116 Å². The van der Waals surface area contributed by atoms with E-state index in [-0.39, 0.29) is 23.6 Å². The first-order valence-electron chi connectivity index (χ1n) is 32.4. The van der Waals surface area contributed by atoms with Gasteiger partial charge in [-0.1, -0.05) is 34.8 Å². The van der Waals surface area contributed by atoms with Gasteiger partial charge in [0.1, 0.15) is 25.1 Å². The van der Waals surface area contributed by atoms with Gasteiger partial charge in [0.25, 0.3) is 10.0 Å². The Balaban J connectivity index is 0.000000180. The number of hydrogen-bond donors (Lipinski definition) is 11. The fourth-order valence-corrected chi connectivity index (χ4v) is 14.8. The molecule has 544 valence electrons. The molecule has 13 N–H and O–H groups in total. The van der Waals surface area contributed by atoms with E-state index in [0.717, 1.165) is 69.0 Å². The summed E-state index contributed by atoms with van der Waals surface area (Å²) in [4.78, 5) is 61.6. The molecule has 0 aliphatic heterocycles. The highest BCUT2D eigenvalue weighted by molar-refractivity contribution is 7.91. The van der Waals surface area contributed by atoms with Crippen LogP contribution in [0.2, 0.25) is 15.1 Å². The number of halogens is 3. The lowest BCUT2D eigenvalue weighted by Crippen LogP contribution is -2.13. The van der Waals surface area contributed by atoms with Crippen LogP contribution in [0.3, 0.4) is 0 Å². The first-order valence-corrected chi connectivity index (χ1v) is 39.1. The highest BCUT2D eigenvalue weighted by Gasteiger charge is 2.31. The minimum absolute atomic E-state index is 0. The summed E-state index contributed by atoms with van der Waals surface area (Å²) in [6, 6.07) is 15.8. The SMILES string of the molecule is CC(=O)c1sc(-c2ncc(Cl)c(Nc3cc(C4CC4)[nH]n3)n2)nc1C.Cc1nc(-c2ncc(Cl)c(Nc3cc(C4CC4)[nH]n3)n2)sc1C(C)O.NS(=O)(=O)c1ccc(-c2nc(Nc3cc(C4CC4)[nH]n3)cc(C3CC3)n2)s1.NS(=O)(=O)c1ccc(-c2ncc(Cl)c(Nc3cc(C4CC4)[nH]n3)n2)cn1.[HH].[HH].[HH].[HH].[HH].[HH]. The molecule has 0 amide bonds. The number of primary sulfonamides is 2. The van der Waals surface area contributed by atoms with Crippen LogP contribution in [0.15, 0.2) is 88.6 Å². The quantitative estimate of drug-likeness (QED) is 0.0298. The van der Waals surface area contributed by atoms with E-state index in [0.29, 0.717) is 140 Å². The lowest BCUT2D eigenvalue weighted by molar-refractivity contribution is 0.102. The second-order valence-electron chi connectivity index (χ2n) is 25.1. The van der Waals surface area contributed by atoms with Crippen LogP contribution in [0.5, 0.6) is 0 Å². The molecule has 103 heavy (non-hydrogen) atoms. The first-order chi connectivity index (χ1) is 49.4. The van der Waals surface area contributed by atoms with Gasteiger partial charge >= 0.3 is 0 Å². The summed E-state index contributed by atoms with van der Waals surface area (Å²) in [5.74, 6) is 9.12. The number of sulfonamides is 2. The average molecular weight is 1560 g/mol. The number of anilines is 8. The minimum Gasteiger partial charge on any atom is -0.388 e. The third-order valence-electron chi connectivity index (χ3n) is 16.5. The smallest absolute Gasteiger partial charge is 0.255 e. The number of carbonyl (C=O) groups is 1. The lowest BCUT2D eigenvalue weighted by atomic mass is 10.2. The number of aliphatic hydroxyl groups is 1. The highest BCUT2D eigenvalue weighted by atomic mass is 35.5. The van der Waals surface area contributed by atoms with Gasteiger partial charge in [0.05, 0.1) is 50.7 Å². The van der Waals surface area contributed by atoms with Crippen LogP contribution in [0, 0.1) is 13.8 Å². The van der Waals surface area contributed by atoms with E-state index < -0.39 is 26.2 Å². The number of aryl methyl sites for hydroxylation is 2. The number of aliphatic hydroxyl groups excluding tert-OH is 1. The summed E-state index contributed by atoms with van der Waals surface area (Å²) >= 11 is 22.3. The lowest BCUT2D eigenvalue weighted by Gasteiger charge is -2.07. The molecule has 1 atom stereocenters. The number of carbonyl (C=O) groups excluding carboxylic acids is 1. The van der Waals surface area contributed by atoms with Gasteiger partial charge in [-0.25, -0.2) is 81.9 Å². The Kier molecular flexibility index (Phi) is 20.3. The molecule has 0 saturated heterocycles. The molecular weight excluding hydrogens is 1480 g/mol. The van der Waals surface area contributed by atoms with E-state index in [2.05, 4.69) is 117 Å². The number of ketones is 1. The van der Waals surface area contributed by atoms with Crippen molar-refractivity contribution in [2.75, 3.05) is 21.3 Å². The molecule has 5 aliphatic carbocycles. The van der Waals surface area contributed by atoms with Crippen molar-refractivity contribution in [3.05, 3.63) is 144 Å². The summed E-state index contributed by atoms with van der Waals surface area (Å²) < 4.78 is 45.8. The standard InChI is InChI=1S/C17H18N6O2S2.C16H17ClN6OS.C16H15ClN6OS.C15H14ClN7O2S.6H2/c18-27(24,25)16-6-5-13(26-16)17-19-11(9-1-2-9)7-14(21-17)20-15-8-12(22-23-15)10-3-4-10;2*1-7-13(8(2)24)25-16(19-7)15-18-6-10(17)14(21-15)20-12-5-11(22-23-12)9-3-4-9;16-10-7-19-14(9-3-4-13(18-6-9)26(17,24)25)21-15(10)20-12-5-11(22-23-12)8-1-2-8;;;;;;/h5-10H,1-4H2,(H2,18,24,25)(H2,19,20,21,22,23);5-6,8-9,24H,3-4H2,1-2H3,(H2,18,20,21,22,23);5-6,9H,3-4H2,1-2H3,(H2,18,20,21,22,23);3-8H,1-2H2,(H2,17,24,25)(H2,19,20,21,22,23);6*1H. The number of aromatic nitrogens is 19. The number of Topliss-reactive ketones (excluding diaryl/α,β-unsaturated/α-hetero) is 1. The number of aromatic amines is 4. The van der Waals surface area contributed by atoms with Crippen molar-refractivity contribution in [2.24, 2.45) is 10.3 Å². The van der Waals surface area contributed by atoms with Crippen LogP contribution < -0.4 is 31.5 Å². The molecule has 0 aromatic carbocycles. The largest absolute Gasteiger partial charge is 0.388 e. The molecule has 5 aliphatic rings. The van der Waals surface area contributed by atoms with Crippen molar-refractivity contribution in [1.29, 1.82) is 0 Å². The fourth-order valence-electron chi connectivity index (χ4n) is 10.4.